The third kappa shape index (κ3) is 3.68. The number of hydrogen-bond acceptors (Lipinski definition) is 5. The second kappa shape index (κ2) is 8.35. The Balaban J connectivity index is 2.27. The number of hydrogen-bond donors (Lipinski definition) is 2. The van der Waals surface area contributed by atoms with Crippen molar-refractivity contribution in [1.82, 2.24) is 19.3 Å². The minimum Gasteiger partial charge on any atom is -0.383 e. The van der Waals surface area contributed by atoms with Crippen LogP contribution in [-0.2, 0) is 11.3 Å². The topological polar surface area (TPSA) is 101 Å². The summed E-state index contributed by atoms with van der Waals surface area (Å²) in [5.74, 6) is -0.400. The lowest BCUT2D eigenvalue weighted by atomic mass is 10.2. The predicted octanol–water partition coefficient (Wildman–Crippen LogP) is 1.61. The number of pyridine rings is 2. The van der Waals surface area contributed by atoms with Gasteiger partial charge >= 0.3 is 0 Å². The number of nitrogens with zero attached hydrogens (tertiary/aromatic N) is 3. The zero-order valence-corrected chi connectivity index (χ0v) is 16.4. The van der Waals surface area contributed by atoms with Gasteiger partial charge in [-0.15, -0.1) is 0 Å². The highest BCUT2D eigenvalue weighted by Gasteiger charge is 2.17. The lowest BCUT2D eigenvalue weighted by molar-refractivity contribution is 0.0934. The first-order valence-electron chi connectivity index (χ1n) is 9.36. The molecular weight excluding hydrogens is 358 g/mol. The largest absolute Gasteiger partial charge is 0.383 e. The first kappa shape index (κ1) is 19.8. The second-order valence-electron chi connectivity index (χ2n) is 6.75. The number of carbonyl (C=O) groups excluding carboxylic acids is 1. The average Bonchev–Trinajstić information content (AvgIpc) is 2.68. The number of methoxy groups -OCH3 is 1. The van der Waals surface area contributed by atoms with Gasteiger partial charge in [0.2, 0.25) is 0 Å². The molecule has 0 atom stereocenters. The van der Waals surface area contributed by atoms with Gasteiger partial charge in [0, 0.05) is 26.4 Å². The lowest BCUT2D eigenvalue weighted by Gasteiger charge is -2.14. The molecule has 0 aliphatic carbocycles. The Bertz CT molecular complexity index is 1150. The van der Waals surface area contributed by atoms with E-state index in [0.29, 0.717) is 36.4 Å². The molecule has 28 heavy (non-hydrogen) atoms. The zero-order chi connectivity index (χ0) is 20.3. The summed E-state index contributed by atoms with van der Waals surface area (Å²) in [5, 5.41) is 11.6. The van der Waals surface area contributed by atoms with Gasteiger partial charge in [-0.25, -0.2) is 4.98 Å². The first-order chi connectivity index (χ1) is 13.5. The van der Waals surface area contributed by atoms with Gasteiger partial charge in [-0.1, -0.05) is 19.4 Å². The maximum absolute atomic E-state index is 13.1. The fourth-order valence-corrected chi connectivity index (χ4v) is 3.11. The van der Waals surface area contributed by atoms with Crippen LogP contribution in [0.15, 0.2) is 29.2 Å². The summed E-state index contributed by atoms with van der Waals surface area (Å²) in [5.41, 5.74) is 1.85. The fraction of sp³-hybridized carbons (Fsp3) is 0.400. The standard InChI is InChI=1S/C20H25N5O3/c1-4-5-9-24-17(21)14(19(26)22-8-10-28-3)11-15-18(24)23-16-7-6-13(2)12-25(16)20(15)27/h6-7,11-12,21H,4-5,8-10H2,1-3H3,(H,22,26). The van der Waals surface area contributed by atoms with E-state index in [-0.39, 0.29) is 16.6 Å². The van der Waals surface area contributed by atoms with Crippen molar-refractivity contribution in [3.05, 3.63) is 51.4 Å². The highest BCUT2D eigenvalue weighted by atomic mass is 16.5. The van der Waals surface area contributed by atoms with Crippen LogP contribution in [0.3, 0.4) is 0 Å². The summed E-state index contributed by atoms with van der Waals surface area (Å²) in [4.78, 5) is 30.3. The molecule has 0 saturated carbocycles. The van der Waals surface area contributed by atoms with Gasteiger partial charge in [-0.3, -0.25) is 19.4 Å². The molecule has 3 aromatic heterocycles. The van der Waals surface area contributed by atoms with Crippen molar-refractivity contribution in [3.63, 3.8) is 0 Å². The molecule has 3 aromatic rings. The van der Waals surface area contributed by atoms with E-state index in [1.54, 1.807) is 23.9 Å². The summed E-state index contributed by atoms with van der Waals surface area (Å²) in [6.45, 7) is 5.17. The number of rotatable bonds is 7. The lowest BCUT2D eigenvalue weighted by Crippen LogP contribution is -2.36. The van der Waals surface area contributed by atoms with E-state index in [9.17, 15) is 9.59 Å². The number of ether oxygens (including phenoxy) is 1. The van der Waals surface area contributed by atoms with Gasteiger partial charge in [0.15, 0.2) is 0 Å². The van der Waals surface area contributed by atoms with Crippen molar-refractivity contribution in [2.45, 2.75) is 33.2 Å². The third-order valence-electron chi connectivity index (χ3n) is 4.63. The normalized spacial score (nSPS) is 11.2. The molecule has 8 heteroatoms. The van der Waals surface area contributed by atoms with Crippen molar-refractivity contribution in [2.24, 2.45) is 0 Å². The minimum atomic E-state index is -0.400. The molecule has 148 valence electrons. The predicted molar refractivity (Wildman–Crippen MR) is 107 cm³/mol. The Morgan fingerprint density at radius 1 is 1.36 bits per heavy atom. The molecule has 2 N–H and O–H groups in total. The summed E-state index contributed by atoms with van der Waals surface area (Å²) in [6.07, 6.45) is 3.47. The van der Waals surface area contributed by atoms with E-state index in [1.807, 2.05) is 19.9 Å². The van der Waals surface area contributed by atoms with Crippen LogP contribution in [0.4, 0.5) is 0 Å². The van der Waals surface area contributed by atoms with Crippen LogP contribution in [0.1, 0.15) is 35.7 Å². The molecule has 3 rings (SSSR count). The number of unbranched alkanes of at least 4 members (excludes halogenated alkanes) is 1. The van der Waals surface area contributed by atoms with Crippen molar-refractivity contribution < 1.29 is 9.53 Å². The summed E-state index contributed by atoms with van der Waals surface area (Å²) in [6, 6.07) is 5.16. The van der Waals surface area contributed by atoms with E-state index < -0.39 is 5.91 Å². The van der Waals surface area contributed by atoms with Crippen molar-refractivity contribution in [2.75, 3.05) is 20.3 Å². The van der Waals surface area contributed by atoms with Crippen LogP contribution in [0.2, 0.25) is 0 Å². The first-order valence-corrected chi connectivity index (χ1v) is 9.36. The van der Waals surface area contributed by atoms with Crippen LogP contribution >= 0.6 is 0 Å². The highest BCUT2D eigenvalue weighted by molar-refractivity contribution is 5.96. The number of carbonyl (C=O) groups is 1. The van der Waals surface area contributed by atoms with Crippen LogP contribution in [0.5, 0.6) is 0 Å². The number of aromatic nitrogens is 3. The molecule has 0 bridgehead atoms. The Hall–Kier alpha value is -3.00. The van der Waals surface area contributed by atoms with Gasteiger partial charge in [0.1, 0.15) is 16.8 Å². The Kier molecular flexibility index (Phi) is 5.89. The van der Waals surface area contributed by atoms with Crippen molar-refractivity contribution in [1.29, 1.82) is 5.41 Å². The third-order valence-corrected chi connectivity index (χ3v) is 4.63. The number of aryl methyl sites for hydroxylation is 2. The molecule has 0 saturated heterocycles. The molecular formula is C20H25N5O3. The monoisotopic (exact) mass is 383 g/mol. The summed E-state index contributed by atoms with van der Waals surface area (Å²) in [7, 11) is 1.55. The molecule has 0 aliphatic rings. The van der Waals surface area contributed by atoms with Crippen LogP contribution < -0.4 is 16.4 Å². The van der Waals surface area contributed by atoms with Gasteiger partial charge in [-0.05, 0) is 31.0 Å². The molecule has 0 fully saturated rings. The molecule has 3 heterocycles. The van der Waals surface area contributed by atoms with Crippen LogP contribution in [-0.4, -0.2) is 40.1 Å². The van der Waals surface area contributed by atoms with E-state index in [0.717, 1.165) is 18.4 Å². The summed E-state index contributed by atoms with van der Waals surface area (Å²) >= 11 is 0. The summed E-state index contributed by atoms with van der Waals surface area (Å²) < 4.78 is 8.10. The fourth-order valence-electron chi connectivity index (χ4n) is 3.11. The van der Waals surface area contributed by atoms with Crippen LogP contribution in [0.25, 0.3) is 16.7 Å². The second-order valence-corrected chi connectivity index (χ2v) is 6.75. The van der Waals surface area contributed by atoms with Gasteiger partial charge in [0.25, 0.3) is 11.5 Å². The molecule has 0 aromatic carbocycles. The maximum Gasteiger partial charge on any atom is 0.267 e. The van der Waals surface area contributed by atoms with Gasteiger partial charge in [-0.2, -0.15) is 0 Å². The van der Waals surface area contributed by atoms with Crippen molar-refractivity contribution in [3.8, 4) is 0 Å². The van der Waals surface area contributed by atoms with E-state index in [2.05, 4.69) is 10.3 Å². The SMILES string of the molecule is CCCCn1c(=N)c(C(=O)NCCOC)cc2c(=O)n3cc(C)ccc3nc21. The van der Waals surface area contributed by atoms with E-state index in [4.69, 9.17) is 10.1 Å². The molecule has 0 unspecified atom stereocenters. The Morgan fingerprint density at radius 2 is 2.14 bits per heavy atom. The number of amides is 1. The van der Waals surface area contributed by atoms with Gasteiger partial charge < -0.3 is 14.6 Å². The molecule has 8 nitrogen and oxygen atoms in total. The van der Waals surface area contributed by atoms with E-state index in [1.165, 1.54) is 10.5 Å². The zero-order valence-electron chi connectivity index (χ0n) is 16.4. The minimum absolute atomic E-state index is 0.0548. The quantitative estimate of drug-likeness (QED) is 0.478. The molecule has 0 radical (unpaired) electrons. The smallest absolute Gasteiger partial charge is 0.267 e. The molecule has 1 amide bonds. The molecule has 0 aliphatic heterocycles. The highest BCUT2D eigenvalue weighted by Crippen LogP contribution is 2.12. The Labute approximate surface area is 162 Å². The van der Waals surface area contributed by atoms with Gasteiger partial charge in [0.05, 0.1) is 17.6 Å². The van der Waals surface area contributed by atoms with Crippen LogP contribution in [0, 0.1) is 12.3 Å². The number of nitrogens with one attached hydrogen (secondary N) is 2. The van der Waals surface area contributed by atoms with E-state index >= 15 is 0 Å². The average molecular weight is 383 g/mol. The maximum atomic E-state index is 13.1. The number of fused-ring (bicyclic) bond motifs is 2. The molecule has 0 spiro atoms. The van der Waals surface area contributed by atoms with Crippen molar-refractivity contribution >= 4 is 22.6 Å². The Morgan fingerprint density at radius 3 is 2.86 bits per heavy atom.